The second kappa shape index (κ2) is 6.91. The lowest BCUT2D eigenvalue weighted by molar-refractivity contribution is 0.0661. The van der Waals surface area contributed by atoms with Crippen molar-refractivity contribution >= 4 is 31.9 Å². The molecule has 0 spiro atoms. The first-order valence-corrected chi connectivity index (χ1v) is 8.52. The Morgan fingerprint density at radius 3 is 2.43 bits per heavy atom. The van der Waals surface area contributed by atoms with Gasteiger partial charge in [-0.05, 0) is 35.9 Å². The van der Waals surface area contributed by atoms with Crippen LogP contribution in [0.2, 0.25) is 0 Å². The van der Waals surface area contributed by atoms with Crippen molar-refractivity contribution in [1.29, 1.82) is 0 Å². The third-order valence-corrected chi connectivity index (χ3v) is 5.18. The van der Waals surface area contributed by atoms with Crippen molar-refractivity contribution < 1.29 is 22.7 Å². The van der Waals surface area contributed by atoms with Crippen molar-refractivity contribution in [2.24, 2.45) is 5.92 Å². The number of likely N-dealkylation sites (N-methyl/N-ethyl adjacent to an activating group) is 1. The number of sulfonamides is 1. The number of hydrogen-bond acceptors (Lipinski definition) is 5. The van der Waals surface area contributed by atoms with Crippen LogP contribution in [-0.4, -0.2) is 51.1 Å². The van der Waals surface area contributed by atoms with Gasteiger partial charge in [-0.2, -0.15) is 0 Å². The zero-order chi connectivity index (χ0) is 16.4. The quantitative estimate of drug-likeness (QED) is 0.742. The number of carboxylic acids is 1. The zero-order valence-electron chi connectivity index (χ0n) is 12.3. The second-order valence-electron chi connectivity index (χ2n) is 5.29. The molecule has 0 bridgehead atoms. The minimum Gasteiger partial charge on any atom is -0.475 e. The van der Waals surface area contributed by atoms with E-state index in [1.807, 2.05) is 32.8 Å². The molecule has 120 valence electrons. The molecule has 1 aromatic heterocycles. The highest BCUT2D eigenvalue weighted by Gasteiger charge is 2.28. The summed E-state index contributed by atoms with van der Waals surface area (Å²) >= 11 is 2.94. The molecule has 1 unspecified atom stereocenters. The Bertz CT molecular complexity index is 609. The van der Waals surface area contributed by atoms with E-state index in [-0.39, 0.29) is 21.5 Å². The van der Waals surface area contributed by atoms with Gasteiger partial charge in [0, 0.05) is 18.7 Å². The normalized spacial score (nSPS) is 13.9. The minimum atomic E-state index is -3.87. The van der Waals surface area contributed by atoms with Crippen molar-refractivity contribution in [3.8, 4) is 0 Å². The van der Waals surface area contributed by atoms with E-state index in [0.717, 1.165) is 6.07 Å². The number of aromatic carboxylic acids is 1. The standard InChI is InChI=1S/C12H19BrN2O5S/c1-7(2)8(6-15(3)4)14-21(18,19)10-5-9(12(16)17)20-11(10)13/h5,7-8,14H,6H2,1-4H3,(H,16,17). The van der Waals surface area contributed by atoms with Gasteiger partial charge in [0.15, 0.2) is 4.67 Å². The summed E-state index contributed by atoms with van der Waals surface area (Å²) in [5, 5.41) is 8.84. The summed E-state index contributed by atoms with van der Waals surface area (Å²) in [7, 11) is -0.180. The zero-order valence-corrected chi connectivity index (χ0v) is 14.7. The Labute approximate surface area is 132 Å². The minimum absolute atomic E-state index is 0.0757. The molecular formula is C12H19BrN2O5S. The molecule has 0 amide bonds. The predicted molar refractivity (Wildman–Crippen MR) is 80.9 cm³/mol. The molecule has 0 aliphatic heterocycles. The Kier molecular flexibility index (Phi) is 5.97. The van der Waals surface area contributed by atoms with Crippen molar-refractivity contribution in [2.75, 3.05) is 20.6 Å². The Morgan fingerprint density at radius 1 is 1.48 bits per heavy atom. The molecule has 0 saturated carbocycles. The van der Waals surface area contributed by atoms with Crippen molar-refractivity contribution in [3.63, 3.8) is 0 Å². The van der Waals surface area contributed by atoms with E-state index in [1.165, 1.54) is 0 Å². The maximum absolute atomic E-state index is 12.4. The number of carbonyl (C=O) groups is 1. The fraction of sp³-hybridized carbons (Fsp3) is 0.583. The summed E-state index contributed by atoms with van der Waals surface area (Å²) in [5.74, 6) is -1.69. The molecule has 1 atom stereocenters. The Balaban J connectivity index is 3.07. The second-order valence-corrected chi connectivity index (χ2v) is 7.69. The molecule has 0 radical (unpaired) electrons. The monoisotopic (exact) mass is 382 g/mol. The first-order chi connectivity index (χ1) is 9.54. The van der Waals surface area contributed by atoms with E-state index in [0.29, 0.717) is 6.54 Å². The molecule has 1 rings (SSSR count). The Hall–Kier alpha value is -0.900. The molecular weight excluding hydrogens is 364 g/mol. The van der Waals surface area contributed by atoms with Gasteiger partial charge in [0.25, 0.3) is 0 Å². The van der Waals surface area contributed by atoms with Crippen LogP contribution in [-0.2, 0) is 10.0 Å². The summed E-state index contributed by atoms with van der Waals surface area (Å²) in [6.45, 7) is 4.34. The number of furan rings is 1. The number of nitrogens with zero attached hydrogens (tertiary/aromatic N) is 1. The number of nitrogens with one attached hydrogen (secondary N) is 1. The predicted octanol–water partition coefficient (Wildman–Crippen LogP) is 1.60. The highest BCUT2D eigenvalue weighted by Crippen LogP contribution is 2.26. The lowest BCUT2D eigenvalue weighted by Crippen LogP contribution is -2.44. The van der Waals surface area contributed by atoms with E-state index in [4.69, 9.17) is 9.52 Å². The topological polar surface area (TPSA) is 99.9 Å². The molecule has 0 aliphatic rings. The van der Waals surface area contributed by atoms with Gasteiger partial charge in [-0.25, -0.2) is 17.9 Å². The van der Waals surface area contributed by atoms with Crippen molar-refractivity contribution in [3.05, 3.63) is 16.5 Å². The van der Waals surface area contributed by atoms with Gasteiger partial charge in [-0.1, -0.05) is 13.8 Å². The molecule has 0 fully saturated rings. The molecule has 1 aromatic rings. The molecule has 2 N–H and O–H groups in total. The average molecular weight is 383 g/mol. The van der Waals surface area contributed by atoms with Crippen LogP contribution in [0.4, 0.5) is 0 Å². The van der Waals surface area contributed by atoms with Crippen LogP contribution in [0.1, 0.15) is 24.4 Å². The molecule has 0 aliphatic carbocycles. The smallest absolute Gasteiger partial charge is 0.371 e. The van der Waals surface area contributed by atoms with Crippen LogP contribution >= 0.6 is 15.9 Å². The van der Waals surface area contributed by atoms with Crippen LogP contribution in [0, 0.1) is 5.92 Å². The Morgan fingerprint density at radius 2 is 2.05 bits per heavy atom. The molecule has 9 heteroatoms. The highest BCUT2D eigenvalue weighted by molar-refractivity contribution is 9.10. The number of halogens is 1. The first-order valence-electron chi connectivity index (χ1n) is 6.24. The third-order valence-electron chi connectivity index (χ3n) is 2.83. The largest absolute Gasteiger partial charge is 0.475 e. The van der Waals surface area contributed by atoms with E-state index in [9.17, 15) is 13.2 Å². The molecule has 0 aromatic carbocycles. The number of hydrogen-bond donors (Lipinski definition) is 2. The number of carboxylic acid groups (broad SMARTS) is 1. The van der Waals surface area contributed by atoms with Gasteiger partial charge in [-0.15, -0.1) is 0 Å². The molecule has 1 heterocycles. The van der Waals surface area contributed by atoms with Gasteiger partial charge < -0.3 is 14.4 Å². The van der Waals surface area contributed by atoms with Crippen LogP contribution in [0.3, 0.4) is 0 Å². The van der Waals surface area contributed by atoms with E-state index in [1.54, 1.807) is 0 Å². The highest BCUT2D eigenvalue weighted by atomic mass is 79.9. The van der Waals surface area contributed by atoms with Crippen LogP contribution < -0.4 is 4.72 Å². The van der Waals surface area contributed by atoms with Gasteiger partial charge in [0.05, 0.1) is 0 Å². The summed E-state index contributed by atoms with van der Waals surface area (Å²) in [6.07, 6.45) is 0. The van der Waals surface area contributed by atoms with Crippen molar-refractivity contribution in [2.45, 2.75) is 24.8 Å². The van der Waals surface area contributed by atoms with Gasteiger partial charge in [0.1, 0.15) is 4.90 Å². The lowest BCUT2D eigenvalue weighted by Gasteiger charge is -2.25. The van der Waals surface area contributed by atoms with Crippen LogP contribution in [0.15, 0.2) is 20.0 Å². The van der Waals surface area contributed by atoms with Gasteiger partial charge in [-0.3, -0.25) is 0 Å². The SMILES string of the molecule is CC(C)C(CN(C)C)NS(=O)(=O)c1cc(C(=O)O)oc1Br. The van der Waals surface area contributed by atoms with Gasteiger partial charge >= 0.3 is 5.97 Å². The lowest BCUT2D eigenvalue weighted by atomic mass is 10.1. The first kappa shape index (κ1) is 18.1. The maximum Gasteiger partial charge on any atom is 0.371 e. The maximum atomic E-state index is 12.4. The fourth-order valence-corrected chi connectivity index (χ4v) is 4.00. The van der Waals surface area contributed by atoms with Gasteiger partial charge in [0.2, 0.25) is 15.8 Å². The molecule has 21 heavy (non-hydrogen) atoms. The average Bonchev–Trinajstić information content (AvgIpc) is 2.70. The molecule has 7 nitrogen and oxygen atoms in total. The van der Waals surface area contributed by atoms with Crippen molar-refractivity contribution in [1.82, 2.24) is 9.62 Å². The van der Waals surface area contributed by atoms with Crippen LogP contribution in [0.5, 0.6) is 0 Å². The van der Waals surface area contributed by atoms with E-state index in [2.05, 4.69) is 20.7 Å². The van der Waals surface area contributed by atoms with E-state index < -0.39 is 21.8 Å². The third kappa shape index (κ3) is 4.80. The summed E-state index contributed by atoms with van der Waals surface area (Å²) < 4.78 is 32.1. The summed E-state index contributed by atoms with van der Waals surface area (Å²) in [5.41, 5.74) is 0. The summed E-state index contributed by atoms with van der Waals surface area (Å²) in [4.78, 5) is 12.5. The fourth-order valence-electron chi connectivity index (χ4n) is 1.68. The van der Waals surface area contributed by atoms with E-state index >= 15 is 0 Å². The molecule has 0 saturated heterocycles. The number of rotatable bonds is 7. The van der Waals surface area contributed by atoms with Crippen LogP contribution in [0.25, 0.3) is 0 Å². The summed E-state index contributed by atoms with van der Waals surface area (Å²) in [6, 6.07) is 0.682.